The largest absolute Gasteiger partial charge is 0.495 e. The van der Waals surface area contributed by atoms with Crippen molar-refractivity contribution in [3.05, 3.63) is 21.0 Å². The van der Waals surface area contributed by atoms with Gasteiger partial charge in [-0.05, 0) is 22.6 Å². The van der Waals surface area contributed by atoms with E-state index in [1.54, 1.807) is 28.7 Å². The van der Waals surface area contributed by atoms with Crippen LogP contribution in [-0.4, -0.2) is 12.1 Å². The average Bonchev–Trinajstić information content (AvgIpc) is 2.17. The minimum absolute atomic E-state index is 0.0205. The topological polar surface area (TPSA) is 45.9 Å². The van der Waals surface area contributed by atoms with Crippen molar-refractivity contribution in [3.63, 3.8) is 0 Å². The third-order valence-electron chi connectivity index (χ3n) is 1.55. The Hall–Kier alpha value is -0.970. The quantitative estimate of drug-likeness (QED) is 0.789. The maximum Gasteiger partial charge on any atom is 0.268 e. The molecule has 0 fully saturated rings. The van der Waals surface area contributed by atoms with Crippen molar-refractivity contribution in [2.75, 3.05) is 7.11 Å². The van der Waals surface area contributed by atoms with E-state index in [4.69, 9.17) is 10.00 Å². The van der Waals surface area contributed by atoms with Crippen molar-refractivity contribution in [2.45, 2.75) is 6.43 Å². The maximum absolute atomic E-state index is 12.4. The van der Waals surface area contributed by atoms with Gasteiger partial charge >= 0.3 is 0 Å². The molecule has 1 aromatic heterocycles. The summed E-state index contributed by atoms with van der Waals surface area (Å²) in [4.78, 5) is 3.60. The number of nitriles is 1. The molecule has 0 saturated heterocycles. The molecule has 0 aliphatic rings. The lowest BCUT2D eigenvalue weighted by atomic mass is 10.2. The number of hydrogen-bond acceptors (Lipinski definition) is 3. The predicted octanol–water partition coefficient (Wildman–Crippen LogP) is 2.50. The summed E-state index contributed by atoms with van der Waals surface area (Å²) in [5.74, 6) is 0.0205. The summed E-state index contributed by atoms with van der Waals surface area (Å²) in [5.41, 5.74) is -0.206. The lowest BCUT2D eigenvalue weighted by molar-refractivity contribution is 0.146. The molecule has 14 heavy (non-hydrogen) atoms. The first-order valence-electron chi connectivity index (χ1n) is 3.52. The Morgan fingerprint density at radius 1 is 1.64 bits per heavy atom. The fraction of sp³-hybridized carbons (Fsp3) is 0.250. The van der Waals surface area contributed by atoms with E-state index < -0.39 is 6.43 Å². The van der Waals surface area contributed by atoms with Crippen LogP contribution in [0.25, 0.3) is 0 Å². The highest BCUT2D eigenvalue weighted by Gasteiger charge is 2.19. The zero-order chi connectivity index (χ0) is 10.7. The summed E-state index contributed by atoms with van der Waals surface area (Å²) < 4.78 is 30.0. The summed E-state index contributed by atoms with van der Waals surface area (Å²) in [7, 11) is 1.28. The molecule has 0 bridgehead atoms. The number of alkyl halides is 2. The number of halogens is 3. The molecule has 0 atom stereocenters. The van der Waals surface area contributed by atoms with E-state index in [9.17, 15) is 8.78 Å². The molecule has 74 valence electrons. The van der Waals surface area contributed by atoms with Gasteiger partial charge in [0.25, 0.3) is 6.43 Å². The monoisotopic (exact) mass is 310 g/mol. The fourth-order valence-electron chi connectivity index (χ4n) is 0.925. The molecule has 0 spiro atoms. The van der Waals surface area contributed by atoms with Crippen LogP contribution in [0.2, 0.25) is 0 Å². The summed E-state index contributed by atoms with van der Waals surface area (Å²) in [5, 5.41) is 8.61. The Labute approximate surface area is 92.8 Å². The molecule has 0 aliphatic carbocycles. The summed E-state index contributed by atoms with van der Waals surface area (Å²) in [6.07, 6.45) is -1.69. The number of pyridine rings is 1. The zero-order valence-corrected chi connectivity index (χ0v) is 9.25. The molecule has 0 unspecified atom stereocenters. The third-order valence-corrected chi connectivity index (χ3v) is 2.55. The van der Waals surface area contributed by atoms with Crippen LogP contribution in [0.15, 0.2) is 6.20 Å². The molecular formula is C8H5F2IN2O. The van der Waals surface area contributed by atoms with Gasteiger partial charge in [0.2, 0.25) is 0 Å². The Balaban J connectivity index is 3.38. The van der Waals surface area contributed by atoms with Gasteiger partial charge in [0.15, 0.2) is 5.69 Å². The number of methoxy groups -OCH3 is 1. The normalized spacial score (nSPS) is 10.0. The molecule has 1 heterocycles. The van der Waals surface area contributed by atoms with Crippen LogP contribution >= 0.6 is 22.6 Å². The van der Waals surface area contributed by atoms with Gasteiger partial charge in [-0.25, -0.2) is 13.8 Å². The minimum atomic E-state index is -2.65. The van der Waals surface area contributed by atoms with Crippen molar-refractivity contribution >= 4 is 22.6 Å². The van der Waals surface area contributed by atoms with Crippen LogP contribution in [0.3, 0.4) is 0 Å². The Bertz CT molecular complexity index is 390. The number of nitrogens with zero attached hydrogens (tertiary/aromatic N) is 2. The van der Waals surface area contributed by atoms with E-state index in [1.165, 1.54) is 7.11 Å². The third kappa shape index (κ3) is 1.92. The van der Waals surface area contributed by atoms with Gasteiger partial charge in [-0.15, -0.1) is 0 Å². The second-order valence-corrected chi connectivity index (χ2v) is 3.40. The Morgan fingerprint density at radius 2 is 2.29 bits per heavy atom. The van der Waals surface area contributed by atoms with Crippen molar-refractivity contribution in [2.24, 2.45) is 0 Å². The van der Waals surface area contributed by atoms with E-state index in [-0.39, 0.29) is 17.0 Å². The van der Waals surface area contributed by atoms with Crippen LogP contribution in [-0.2, 0) is 0 Å². The average molecular weight is 310 g/mol. The minimum Gasteiger partial charge on any atom is -0.495 e. The number of hydrogen-bond donors (Lipinski definition) is 0. The SMILES string of the molecule is COc1c(C(F)F)cnc(C#N)c1I. The summed E-state index contributed by atoms with van der Waals surface area (Å²) in [6.45, 7) is 0. The predicted molar refractivity (Wildman–Crippen MR) is 53.2 cm³/mol. The molecule has 1 rings (SSSR count). The van der Waals surface area contributed by atoms with Crippen molar-refractivity contribution in [1.82, 2.24) is 4.98 Å². The highest BCUT2D eigenvalue weighted by molar-refractivity contribution is 14.1. The van der Waals surface area contributed by atoms with Gasteiger partial charge in [-0.3, -0.25) is 0 Å². The van der Waals surface area contributed by atoms with Crippen LogP contribution in [0.4, 0.5) is 8.78 Å². The van der Waals surface area contributed by atoms with Gasteiger partial charge in [0, 0.05) is 6.20 Å². The van der Waals surface area contributed by atoms with Gasteiger partial charge in [0.1, 0.15) is 11.8 Å². The molecule has 0 saturated carbocycles. The standard InChI is InChI=1S/C8H5F2IN2O/c1-14-7-4(8(9)10)3-13-5(2-12)6(7)11/h3,8H,1H3. The van der Waals surface area contributed by atoms with Gasteiger partial charge in [0.05, 0.1) is 16.2 Å². The van der Waals surface area contributed by atoms with Crippen molar-refractivity contribution in [1.29, 1.82) is 5.26 Å². The highest BCUT2D eigenvalue weighted by Crippen LogP contribution is 2.33. The first-order chi connectivity index (χ1) is 6.61. The Kier molecular flexibility index (Phi) is 3.57. The summed E-state index contributed by atoms with van der Waals surface area (Å²) in [6, 6.07) is 1.79. The van der Waals surface area contributed by atoms with Gasteiger partial charge < -0.3 is 4.74 Å². The number of rotatable bonds is 2. The van der Waals surface area contributed by atoms with E-state index in [1.807, 2.05) is 0 Å². The molecule has 0 aromatic carbocycles. The van der Waals surface area contributed by atoms with Gasteiger partial charge in [-0.2, -0.15) is 5.26 Å². The molecule has 1 aromatic rings. The number of ether oxygens (including phenoxy) is 1. The van der Waals surface area contributed by atoms with Crippen LogP contribution < -0.4 is 4.74 Å². The molecule has 0 amide bonds. The first-order valence-corrected chi connectivity index (χ1v) is 4.60. The maximum atomic E-state index is 12.4. The highest BCUT2D eigenvalue weighted by atomic mass is 127. The van der Waals surface area contributed by atoms with E-state index in [2.05, 4.69) is 4.98 Å². The molecule has 3 nitrogen and oxygen atoms in total. The fourth-order valence-corrected chi connectivity index (χ4v) is 1.72. The molecule has 6 heteroatoms. The second-order valence-electron chi connectivity index (χ2n) is 2.32. The van der Waals surface area contributed by atoms with E-state index >= 15 is 0 Å². The molecule has 0 aliphatic heterocycles. The first kappa shape index (κ1) is 11.1. The van der Waals surface area contributed by atoms with E-state index in [0.717, 1.165) is 6.20 Å². The van der Waals surface area contributed by atoms with Crippen LogP contribution in [0.1, 0.15) is 17.7 Å². The molecule has 0 radical (unpaired) electrons. The van der Waals surface area contributed by atoms with Crippen molar-refractivity contribution < 1.29 is 13.5 Å². The van der Waals surface area contributed by atoms with Crippen molar-refractivity contribution in [3.8, 4) is 11.8 Å². The zero-order valence-electron chi connectivity index (χ0n) is 7.09. The second kappa shape index (κ2) is 4.50. The van der Waals surface area contributed by atoms with Crippen LogP contribution in [0.5, 0.6) is 5.75 Å². The molecule has 0 N–H and O–H groups in total. The lowest BCUT2D eigenvalue weighted by Crippen LogP contribution is -2.00. The van der Waals surface area contributed by atoms with Crippen LogP contribution in [0, 0.1) is 14.9 Å². The lowest BCUT2D eigenvalue weighted by Gasteiger charge is -2.09. The summed E-state index contributed by atoms with van der Waals surface area (Å²) >= 11 is 1.76. The molecular weight excluding hydrogens is 305 g/mol. The Morgan fingerprint density at radius 3 is 2.71 bits per heavy atom. The van der Waals surface area contributed by atoms with E-state index in [0.29, 0.717) is 3.57 Å². The smallest absolute Gasteiger partial charge is 0.268 e. The number of aromatic nitrogens is 1. The van der Waals surface area contributed by atoms with Gasteiger partial charge in [-0.1, -0.05) is 0 Å².